The van der Waals surface area contributed by atoms with Crippen molar-refractivity contribution < 1.29 is 30.5 Å². The molecule has 4 nitrogen and oxygen atoms in total. The smallest absolute Gasteiger partial charge is 0.323 e. The Morgan fingerprint density at radius 3 is 1.89 bits per heavy atom. The van der Waals surface area contributed by atoms with Crippen LogP contribution in [-0.2, 0) is 14.5 Å². The van der Waals surface area contributed by atoms with Crippen LogP contribution >= 0.6 is 0 Å². The molecule has 0 aliphatic heterocycles. The van der Waals surface area contributed by atoms with Gasteiger partial charge in [-0.25, -0.2) is 0 Å². The third-order valence-electron chi connectivity index (χ3n) is 1.70. The van der Waals surface area contributed by atoms with E-state index in [9.17, 15) is 26.1 Å². The van der Waals surface area contributed by atoms with Gasteiger partial charge in [-0.1, -0.05) is 17.2 Å². The van der Waals surface area contributed by atoms with Crippen molar-refractivity contribution in [2.75, 3.05) is 19.8 Å². The zero-order chi connectivity index (χ0) is 14.7. The minimum Gasteiger partial charge on any atom is -0.323 e. The minimum absolute atomic E-state index is 0.0416. The fourth-order valence-corrected chi connectivity index (χ4v) is 1.61. The molecule has 0 aliphatic carbocycles. The van der Waals surface area contributed by atoms with Gasteiger partial charge >= 0.3 is 6.18 Å². The molecule has 0 unspecified atom stereocenters. The lowest BCUT2D eigenvalue weighted by Crippen LogP contribution is -2.07. The summed E-state index contributed by atoms with van der Waals surface area (Å²) in [5.74, 6) is -0.504. The first-order valence-corrected chi connectivity index (χ1v) is 6.94. The van der Waals surface area contributed by atoms with Gasteiger partial charge in [0.25, 0.3) is 10.1 Å². The molecule has 0 aromatic carbocycles. The number of hydrogen-bond donors (Lipinski definition) is 1. The second kappa shape index (κ2) is 10.5. The van der Waals surface area contributed by atoms with Crippen molar-refractivity contribution in [3.05, 3.63) is 0 Å². The lowest BCUT2D eigenvalue weighted by molar-refractivity contribution is -0.135. The molecule has 0 saturated heterocycles. The van der Waals surface area contributed by atoms with E-state index in [1.54, 1.807) is 0 Å². The Hall–Kier alpha value is -0.410. The number of alkyl halides is 3. The Morgan fingerprint density at radius 2 is 1.50 bits per heavy atom. The van der Waals surface area contributed by atoms with Gasteiger partial charge in [0, 0.05) is 6.42 Å². The van der Waals surface area contributed by atoms with E-state index in [2.05, 4.69) is 9.70 Å². The molecule has 0 fully saturated rings. The van der Waals surface area contributed by atoms with Gasteiger partial charge in [0.1, 0.15) is 0 Å². The summed E-state index contributed by atoms with van der Waals surface area (Å²) in [7, 11) is -0.374. The van der Waals surface area contributed by atoms with Gasteiger partial charge in [-0.15, -0.1) is 0 Å². The molecular weight excluding hydrogens is 278 g/mol. The van der Waals surface area contributed by atoms with Crippen LogP contribution in [0.1, 0.15) is 32.1 Å². The third-order valence-corrected chi connectivity index (χ3v) is 2.68. The van der Waals surface area contributed by atoms with Gasteiger partial charge in [0.2, 0.25) is 0 Å². The van der Waals surface area contributed by atoms with E-state index >= 15 is 0 Å². The molecule has 0 rings (SSSR count). The summed E-state index contributed by atoms with van der Waals surface area (Å²) >= 11 is 0. The van der Waals surface area contributed by atoms with Crippen LogP contribution in [0.15, 0.2) is 0 Å². The topological polar surface area (TPSA) is 55.4 Å². The standard InChI is InChI=1S/C7H12F4O3S.C2H7N/c8-7(9,10)5-3-1-2-4-6-15(12,13)14-11;1-3-2/h1-6H2;3H,1-2H3. The molecular formula is C9H19F4NO3S. The predicted molar refractivity (Wildman–Crippen MR) is 60.1 cm³/mol. The summed E-state index contributed by atoms with van der Waals surface area (Å²) in [4.78, 5) is 0. The molecule has 0 bridgehead atoms. The largest absolute Gasteiger partial charge is 0.389 e. The Labute approximate surface area is 105 Å². The lowest BCUT2D eigenvalue weighted by atomic mass is 10.1. The third kappa shape index (κ3) is 18.0. The Balaban J connectivity index is 0. The molecule has 0 radical (unpaired) electrons. The fourth-order valence-electron chi connectivity index (χ4n) is 0.989. The fraction of sp³-hybridized carbons (Fsp3) is 1.00. The molecule has 18 heavy (non-hydrogen) atoms. The van der Waals surface area contributed by atoms with Crippen LogP contribution in [0, 0.1) is 0 Å². The van der Waals surface area contributed by atoms with Gasteiger partial charge in [-0.3, -0.25) is 0 Å². The van der Waals surface area contributed by atoms with Crippen molar-refractivity contribution in [2.24, 2.45) is 0 Å². The highest BCUT2D eigenvalue weighted by Crippen LogP contribution is 2.22. The zero-order valence-electron chi connectivity index (χ0n) is 10.4. The van der Waals surface area contributed by atoms with Gasteiger partial charge in [0.15, 0.2) is 0 Å². The van der Waals surface area contributed by atoms with E-state index in [-0.39, 0.29) is 19.3 Å². The highest BCUT2D eigenvalue weighted by molar-refractivity contribution is 7.86. The highest BCUT2D eigenvalue weighted by Gasteiger charge is 2.25. The van der Waals surface area contributed by atoms with E-state index in [1.807, 2.05) is 14.1 Å². The Kier molecular flexibility index (Phi) is 11.6. The molecule has 9 heteroatoms. The van der Waals surface area contributed by atoms with Gasteiger partial charge < -0.3 is 5.32 Å². The zero-order valence-corrected chi connectivity index (χ0v) is 11.2. The molecule has 0 aliphatic rings. The van der Waals surface area contributed by atoms with E-state index in [4.69, 9.17) is 0 Å². The summed E-state index contributed by atoms with van der Waals surface area (Å²) < 4.78 is 69.7. The van der Waals surface area contributed by atoms with Crippen LogP contribution in [0.4, 0.5) is 17.7 Å². The number of rotatable bonds is 7. The maximum Gasteiger partial charge on any atom is 0.389 e. The molecule has 1 N–H and O–H groups in total. The molecule has 0 aromatic heterocycles. The SMILES string of the molecule is CNC.O=S(=O)(CCCCCCC(F)(F)F)OF. The van der Waals surface area contributed by atoms with Crippen LogP contribution in [-0.4, -0.2) is 34.4 Å². The Bertz CT molecular complexity index is 280. The van der Waals surface area contributed by atoms with Gasteiger partial charge in [0.05, 0.1) is 5.75 Å². The normalized spacial score (nSPS) is 11.9. The van der Waals surface area contributed by atoms with Crippen molar-refractivity contribution in [3.63, 3.8) is 0 Å². The number of hydrogen-bond acceptors (Lipinski definition) is 4. The summed E-state index contributed by atoms with van der Waals surface area (Å²) in [5.41, 5.74) is 0. The maximum absolute atomic E-state index is 11.6. The van der Waals surface area contributed by atoms with Gasteiger partial charge in [-0.05, 0) is 31.5 Å². The van der Waals surface area contributed by atoms with Crippen LogP contribution < -0.4 is 5.32 Å². The molecule has 0 atom stereocenters. The quantitative estimate of drug-likeness (QED) is 0.579. The molecule has 0 amide bonds. The molecule has 0 aromatic rings. The van der Waals surface area contributed by atoms with Crippen molar-refractivity contribution in [1.82, 2.24) is 5.32 Å². The van der Waals surface area contributed by atoms with E-state index < -0.39 is 28.5 Å². The first-order valence-electron chi connectivity index (χ1n) is 5.36. The van der Waals surface area contributed by atoms with Crippen molar-refractivity contribution >= 4 is 10.1 Å². The van der Waals surface area contributed by atoms with E-state index in [1.165, 1.54) is 0 Å². The highest BCUT2D eigenvalue weighted by atomic mass is 32.2. The monoisotopic (exact) mass is 297 g/mol. The lowest BCUT2D eigenvalue weighted by Gasteiger charge is -2.05. The van der Waals surface area contributed by atoms with Gasteiger partial charge in [-0.2, -0.15) is 21.6 Å². The maximum atomic E-state index is 11.6. The first-order chi connectivity index (χ1) is 8.18. The molecule has 0 heterocycles. The second-order valence-corrected chi connectivity index (χ2v) is 5.25. The summed E-state index contributed by atoms with van der Waals surface area (Å²) in [5, 5.41) is 2.75. The summed E-state index contributed by atoms with van der Waals surface area (Å²) in [6.45, 7) is 0. The average Bonchev–Trinajstić information content (AvgIpc) is 2.23. The van der Waals surface area contributed by atoms with Crippen molar-refractivity contribution in [3.8, 4) is 0 Å². The molecule has 0 saturated carbocycles. The summed E-state index contributed by atoms with van der Waals surface area (Å²) in [6, 6.07) is 0. The van der Waals surface area contributed by atoms with Crippen LogP contribution in [0.2, 0.25) is 0 Å². The van der Waals surface area contributed by atoms with Crippen molar-refractivity contribution in [2.45, 2.75) is 38.3 Å². The van der Waals surface area contributed by atoms with Crippen LogP contribution in [0.5, 0.6) is 0 Å². The average molecular weight is 297 g/mol. The van der Waals surface area contributed by atoms with E-state index in [0.29, 0.717) is 6.42 Å². The summed E-state index contributed by atoms with van der Waals surface area (Å²) in [6.07, 6.45) is -4.42. The Morgan fingerprint density at radius 1 is 1.06 bits per heavy atom. The van der Waals surface area contributed by atoms with Crippen LogP contribution in [0.3, 0.4) is 0 Å². The molecule has 112 valence electrons. The predicted octanol–water partition coefficient (Wildman–Crippen LogP) is 2.57. The first kappa shape index (κ1) is 19.9. The van der Waals surface area contributed by atoms with Crippen molar-refractivity contribution in [1.29, 1.82) is 0 Å². The number of halogens is 4. The second-order valence-electron chi connectivity index (χ2n) is 3.60. The van der Waals surface area contributed by atoms with Crippen LogP contribution in [0.25, 0.3) is 0 Å². The number of unbranched alkanes of at least 4 members (excludes halogenated alkanes) is 3. The number of nitrogens with one attached hydrogen (secondary N) is 1. The van der Waals surface area contributed by atoms with E-state index in [0.717, 1.165) is 0 Å². The molecule has 0 spiro atoms. The minimum atomic E-state index is -4.17.